The molecule has 2 heteroatoms. The molecule has 0 amide bonds. The highest BCUT2D eigenvalue weighted by Gasteiger charge is 2.61. The molecule has 4 saturated carbocycles. The Morgan fingerprint density at radius 1 is 0.920 bits per heavy atom. The highest BCUT2D eigenvalue weighted by molar-refractivity contribution is 5.76. The van der Waals surface area contributed by atoms with Crippen LogP contribution in [0.25, 0.3) is 0 Å². The summed E-state index contributed by atoms with van der Waals surface area (Å²) in [4.78, 5) is 13.3. The standard InChI is InChI=1S/C23H40O2/c1-6-10-21(5,7-2)20(24)25-23(8-3,9-4)22-14-17-11-18(15-22)13-19(12-17)16-22/h17-19H,6-16H2,1-5H3. The molecule has 1 atom stereocenters. The van der Waals surface area contributed by atoms with Crippen molar-refractivity contribution in [3.63, 3.8) is 0 Å². The molecule has 4 fully saturated rings. The molecule has 0 radical (unpaired) electrons. The van der Waals surface area contributed by atoms with Gasteiger partial charge in [-0.05, 0) is 88.9 Å². The van der Waals surface area contributed by atoms with E-state index in [9.17, 15) is 4.79 Å². The van der Waals surface area contributed by atoms with Crippen molar-refractivity contribution in [1.29, 1.82) is 0 Å². The van der Waals surface area contributed by atoms with Crippen LogP contribution in [-0.4, -0.2) is 11.6 Å². The molecule has 4 bridgehead atoms. The van der Waals surface area contributed by atoms with Gasteiger partial charge in [-0.25, -0.2) is 0 Å². The van der Waals surface area contributed by atoms with Gasteiger partial charge >= 0.3 is 5.97 Å². The third-order valence-corrected chi connectivity index (χ3v) is 8.51. The van der Waals surface area contributed by atoms with Gasteiger partial charge in [0, 0.05) is 5.41 Å². The van der Waals surface area contributed by atoms with E-state index in [1.54, 1.807) is 0 Å². The fraction of sp³-hybridized carbons (Fsp3) is 0.957. The Labute approximate surface area is 155 Å². The van der Waals surface area contributed by atoms with E-state index in [2.05, 4.69) is 34.6 Å². The van der Waals surface area contributed by atoms with E-state index >= 15 is 0 Å². The molecule has 0 aromatic carbocycles. The Balaban J connectivity index is 1.88. The summed E-state index contributed by atoms with van der Waals surface area (Å²) in [6, 6.07) is 0. The number of carbonyl (C=O) groups is 1. The Hall–Kier alpha value is -0.530. The lowest BCUT2D eigenvalue weighted by atomic mass is 9.44. The lowest BCUT2D eigenvalue weighted by molar-refractivity contribution is -0.220. The lowest BCUT2D eigenvalue weighted by Gasteiger charge is -2.63. The molecule has 4 aliphatic carbocycles. The normalized spacial score (nSPS) is 36.3. The molecule has 0 aromatic heterocycles. The zero-order valence-electron chi connectivity index (χ0n) is 17.3. The van der Waals surface area contributed by atoms with Gasteiger partial charge in [0.25, 0.3) is 0 Å². The van der Waals surface area contributed by atoms with Crippen LogP contribution in [-0.2, 0) is 9.53 Å². The summed E-state index contributed by atoms with van der Waals surface area (Å²) in [5.41, 5.74) is -0.279. The van der Waals surface area contributed by atoms with Gasteiger partial charge in [0.1, 0.15) is 5.60 Å². The van der Waals surface area contributed by atoms with Crippen molar-refractivity contribution >= 4 is 5.97 Å². The fourth-order valence-electron chi connectivity index (χ4n) is 7.20. The van der Waals surface area contributed by atoms with E-state index in [0.29, 0.717) is 0 Å². The van der Waals surface area contributed by atoms with Gasteiger partial charge in [-0.1, -0.05) is 34.1 Å². The van der Waals surface area contributed by atoms with E-state index in [1.807, 2.05) is 0 Å². The molecule has 0 aromatic rings. The first-order valence-electron chi connectivity index (χ1n) is 11.1. The van der Waals surface area contributed by atoms with Crippen LogP contribution in [0, 0.1) is 28.6 Å². The minimum atomic E-state index is -0.313. The SMILES string of the molecule is CCCC(C)(CC)C(=O)OC(CC)(CC)C12CC3CC(CC(C3)C1)C2. The summed E-state index contributed by atoms with van der Waals surface area (Å²) in [7, 11) is 0. The van der Waals surface area contributed by atoms with Crippen molar-refractivity contribution in [3.8, 4) is 0 Å². The summed E-state index contributed by atoms with van der Waals surface area (Å²) in [5.74, 6) is 2.78. The Morgan fingerprint density at radius 2 is 1.40 bits per heavy atom. The predicted molar refractivity (Wildman–Crippen MR) is 103 cm³/mol. The minimum absolute atomic E-state index is 0.0799. The minimum Gasteiger partial charge on any atom is -0.458 e. The van der Waals surface area contributed by atoms with Crippen LogP contribution in [0.1, 0.15) is 105 Å². The Kier molecular flexibility index (Phi) is 5.30. The molecule has 4 rings (SSSR count). The van der Waals surface area contributed by atoms with Gasteiger partial charge in [-0.2, -0.15) is 0 Å². The van der Waals surface area contributed by atoms with Crippen molar-refractivity contribution in [3.05, 3.63) is 0 Å². The molecular weight excluding hydrogens is 308 g/mol. The number of carbonyl (C=O) groups excluding carboxylic acids is 1. The highest BCUT2D eigenvalue weighted by Crippen LogP contribution is 2.65. The van der Waals surface area contributed by atoms with E-state index in [1.165, 1.54) is 38.5 Å². The molecule has 0 N–H and O–H groups in total. The molecule has 1 unspecified atom stereocenters. The number of hydrogen-bond donors (Lipinski definition) is 0. The van der Waals surface area contributed by atoms with Crippen molar-refractivity contribution in [2.75, 3.05) is 0 Å². The van der Waals surface area contributed by atoms with Crippen LogP contribution in [0.2, 0.25) is 0 Å². The molecule has 0 heterocycles. The largest absolute Gasteiger partial charge is 0.458 e. The maximum Gasteiger partial charge on any atom is 0.312 e. The molecule has 0 aliphatic heterocycles. The zero-order chi connectivity index (χ0) is 18.3. The van der Waals surface area contributed by atoms with Gasteiger partial charge in [0.15, 0.2) is 0 Å². The van der Waals surface area contributed by atoms with Crippen LogP contribution in [0.3, 0.4) is 0 Å². The van der Waals surface area contributed by atoms with Crippen LogP contribution < -0.4 is 0 Å². The van der Waals surface area contributed by atoms with E-state index in [-0.39, 0.29) is 22.4 Å². The monoisotopic (exact) mass is 348 g/mol. The summed E-state index contributed by atoms with van der Waals surface area (Å²) < 4.78 is 6.59. The van der Waals surface area contributed by atoms with Crippen molar-refractivity contribution in [2.45, 2.75) is 111 Å². The summed E-state index contributed by atoms with van der Waals surface area (Å²) >= 11 is 0. The second-order valence-corrected chi connectivity index (χ2v) is 9.95. The smallest absolute Gasteiger partial charge is 0.312 e. The van der Waals surface area contributed by atoms with Crippen LogP contribution in [0.15, 0.2) is 0 Å². The average Bonchev–Trinajstić information content (AvgIpc) is 2.58. The van der Waals surface area contributed by atoms with Crippen LogP contribution >= 0.6 is 0 Å². The Bertz CT molecular complexity index is 455. The summed E-state index contributed by atoms with van der Waals surface area (Å²) in [6.07, 6.45) is 13.1. The molecule has 25 heavy (non-hydrogen) atoms. The lowest BCUT2D eigenvalue weighted by Crippen LogP contribution is -2.60. The van der Waals surface area contributed by atoms with E-state index in [4.69, 9.17) is 4.74 Å². The molecule has 144 valence electrons. The highest BCUT2D eigenvalue weighted by atomic mass is 16.6. The van der Waals surface area contributed by atoms with E-state index < -0.39 is 0 Å². The van der Waals surface area contributed by atoms with Gasteiger partial charge in [-0.3, -0.25) is 4.79 Å². The maximum atomic E-state index is 13.3. The maximum absolute atomic E-state index is 13.3. The van der Waals surface area contributed by atoms with Crippen molar-refractivity contribution in [1.82, 2.24) is 0 Å². The fourth-order valence-corrected chi connectivity index (χ4v) is 7.20. The van der Waals surface area contributed by atoms with Crippen molar-refractivity contribution in [2.24, 2.45) is 28.6 Å². The van der Waals surface area contributed by atoms with Crippen LogP contribution in [0.5, 0.6) is 0 Å². The first-order chi connectivity index (χ1) is 11.9. The second-order valence-electron chi connectivity index (χ2n) is 9.95. The quantitative estimate of drug-likeness (QED) is 0.467. The molecule has 2 nitrogen and oxygen atoms in total. The average molecular weight is 349 g/mol. The van der Waals surface area contributed by atoms with Gasteiger partial charge in [-0.15, -0.1) is 0 Å². The molecule has 4 aliphatic rings. The number of hydrogen-bond acceptors (Lipinski definition) is 2. The molecule has 0 saturated heterocycles. The number of ether oxygens (including phenoxy) is 1. The van der Waals surface area contributed by atoms with E-state index in [0.717, 1.165) is 49.9 Å². The second kappa shape index (κ2) is 6.89. The first kappa shape index (κ1) is 19.2. The van der Waals surface area contributed by atoms with Gasteiger partial charge in [0.05, 0.1) is 5.41 Å². The topological polar surface area (TPSA) is 26.3 Å². The zero-order valence-corrected chi connectivity index (χ0v) is 17.3. The number of esters is 1. The third-order valence-electron chi connectivity index (χ3n) is 8.51. The predicted octanol–water partition coefficient (Wildman–Crippen LogP) is 6.52. The Morgan fingerprint density at radius 3 is 1.76 bits per heavy atom. The van der Waals surface area contributed by atoms with Crippen molar-refractivity contribution < 1.29 is 9.53 Å². The molecular formula is C23H40O2. The first-order valence-corrected chi connectivity index (χ1v) is 11.1. The van der Waals surface area contributed by atoms with Gasteiger partial charge < -0.3 is 4.74 Å². The number of rotatable bonds is 8. The third kappa shape index (κ3) is 3.06. The van der Waals surface area contributed by atoms with Crippen LogP contribution in [0.4, 0.5) is 0 Å². The van der Waals surface area contributed by atoms with Gasteiger partial charge in [0.2, 0.25) is 0 Å². The summed E-state index contributed by atoms with van der Waals surface area (Å²) in [5, 5.41) is 0. The summed E-state index contributed by atoms with van der Waals surface area (Å²) in [6.45, 7) is 11.0. The molecule has 0 spiro atoms.